The summed E-state index contributed by atoms with van der Waals surface area (Å²) >= 11 is 0. The van der Waals surface area contributed by atoms with Gasteiger partial charge < -0.3 is 10.2 Å². The molecule has 1 fully saturated rings. The Kier molecular flexibility index (Phi) is 3.32. The number of piperidine rings is 1. The Balaban J connectivity index is 2.20. The van der Waals surface area contributed by atoms with Gasteiger partial charge in [-0.15, -0.1) is 0 Å². The molecule has 1 aliphatic heterocycles. The van der Waals surface area contributed by atoms with E-state index >= 15 is 0 Å². The standard InChI is InChI=1S/C13H21N3/c1-10-7-8-11(2)16(9-10)13-6-4-5-12(14-3)15-13/h4-6,10-11H,7-9H2,1-3H3,(H,14,15). The van der Waals surface area contributed by atoms with Crippen LogP contribution in [0.15, 0.2) is 18.2 Å². The van der Waals surface area contributed by atoms with Crippen molar-refractivity contribution < 1.29 is 0 Å². The number of hydrogen-bond donors (Lipinski definition) is 1. The van der Waals surface area contributed by atoms with E-state index in [9.17, 15) is 0 Å². The molecule has 1 saturated heterocycles. The quantitative estimate of drug-likeness (QED) is 0.829. The zero-order chi connectivity index (χ0) is 11.5. The van der Waals surface area contributed by atoms with E-state index in [2.05, 4.69) is 41.2 Å². The normalized spacial score (nSPS) is 25.6. The van der Waals surface area contributed by atoms with Crippen LogP contribution < -0.4 is 10.2 Å². The Morgan fingerprint density at radius 1 is 1.31 bits per heavy atom. The zero-order valence-electron chi connectivity index (χ0n) is 10.4. The molecule has 0 aromatic carbocycles. The second-order valence-electron chi connectivity index (χ2n) is 4.81. The maximum atomic E-state index is 4.61. The van der Waals surface area contributed by atoms with Crippen LogP contribution in [0.3, 0.4) is 0 Å². The molecule has 1 aromatic rings. The van der Waals surface area contributed by atoms with E-state index in [1.165, 1.54) is 12.8 Å². The molecule has 88 valence electrons. The second-order valence-corrected chi connectivity index (χ2v) is 4.81. The van der Waals surface area contributed by atoms with Gasteiger partial charge >= 0.3 is 0 Å². The molecular formula is C13H21N3. The summed E-state index contributed by atoms with van der Waals surface area (Å²) in [6.45, 7) is 5.74. The number of nitrogens with one attached hydrogen (secondary N) is 1. The summed E-state index contributed by atoms with van der Waals surface area (Å²) in [5.41, 5.74) is 0. The summed E-state index contributed by atoms with van der Waals surface area (Å²) < 4.78 is 0. The second kappa shape index (κ2) is 4.73. The first-order valence-electron chi connectivity index (χ1n) is 6.12. The molecular weight excluding hydrogens is 198 g/mol. The third kappa shape index (κ3) is 2.29. The highest BCUT2D eigenvalue weighted by Gasteiger charge is 2.23. The molecule has 16 heavy (non-hydrogen) atoms. The van der Waals surface area contributed by atoms with Crippen LogP contribution in [-0.4, -0.2) is 24.6 Å². The van der Waals surface area contributed by atoms with Crippen LogP contribution in [0.1, 0.15) is 26.7 Å². The minimum Gasteiger partial charge on any atom is -0.373 e. The molecule has 2 atom stereocenters. The summed E-state index contributed by atoms with van der Waals surface area (Å²) in [6.07, 6.45) is 2.61. The van der Waals surface area contributed by atoms with Crippen molar-refractivity contribution in [3.8, 4) is 0 Å². The number of anilines is 2. The lowest BCUT2D eigenvalue weighted by molar-refractivity contribution is 0.388. The molecule has 1 aromatic heterocycles. The van der Waals surface area contributed by atoms with Crippen molar-refractivity contribution in [2.45, 2.75) is 32.7 Å². The van der Waals surface area contributed by atoms with E-state index < -0.39 is 0 Å². The molecule has 0 saturated carbocycles. The Morgan fingerprint density at radius 2 is 2.12 bits per heavy atom. The third-order valence-electron chi connectivity index (χ3n) is 3.40. The molecule has 2 unspecified atom stereocenters. The van der Waals surface area contributed by atoms with E-state index in [0.29, 0.717) is 6.04 Å². The van der Waals surface area contributed by atoms with Gasteiger partial charge in [0.1, 0.15) is 11.6 Å². The highest BCUT2D eigenvalue weighted by molar-refractivity contribution is 5.47. The predicted octanol–water partition coefficient (Wildman–Crippen LogP) is 2.75. The molecule has 0 aliphatic carbocycles. The Hall–Kier alpha value is -1.25. The van der Waals surface area contributed by atoms with Gasteiger partial charge in [-0.05, 0) is 37.8 Å². The van der Waals surface area contributed by atoms with E-state index in [-0.39, 0.29) is 0 Å². The Bertz CT molecular complexity index is 351. The number of aromatic nitrogens is 1. The summed E-state index contributed by atoms with van der Waals surface area (Å²) in [7, 11) is 1.91. The van der Waals surface area contributed by atoms with Crippen molar-refractivity contribution in [3.05, 3.63) is 18.2 Å². The van der Waals surface area contributed by atoms with Gasteiger partial charge in [0.25, 0.3) is 0 Å². The number of nitrogens with zero attached hydrogens (tertiary/aromatic N) is 2. The summed E-state index contributed by atoms with van der Waals surface area (Å²) in [5.74, 6) is 2.82. The van der Waals surface area contributed by atoms with Crippen LogP contribution in [0.4, 0.5) is 11.6 Å². The van der Waals surface area contributed by atoms with Gasteiger partial charge in [-0.2, -0.15) is 0 Å². The fourth-order valence-electron chi connectivity index (χ4n) is 2.33. The van der Waals surface area contributed by atoms with E-state index in [4.69, 9.17) is 0 Å². The molecule has 1 N–H and O–H groups in total. The van der Waals surface area contributed by atoms with E-state index in [0.717, 1.165) is 24.1 Å². The molecule has 1 aliphatic rings. The van der Waals surface area contributed by atoms with Crippen molar-refractivity contribution in [3.63, 3.8) is 0 Å². The van der Waals surface area contributed by atoms with Crippen LogP contribution in [0, 0.1) is 5.92 Å². The topological polar surface area (TPSA) is 28.2 Å². The van der Waals surface area contributed by atoms with Gasteiger partial charge in [-0.25, -0.2) is 4.98 Å². The van der Waals surface area contributed by atoms with Gasteiger partial charge in [0.2, 0.25) is 0 Å². The molecule has 3 nitrogen and oxygen atoms in total. The fraction of sp³-hybridized carbons (Fsp3) is 0.615. The Labute approximate surface area is 97.9 Å². The van der Waals surface area contributed by atoms with Crippen LogP contribution in [0.25, 0.3) is 0 Å². The monoisotopic (exact) mass is 219 g/mol. The zero-order valence-corrected chi connectivity index (χ0v) is 10.4. The van der Waals surface area contributed by atoms with Gasteiger partial charge in [0, 0.05) is 19.6 Å². The molecule has 0 amide bonds. The van der Waals surface area contributed by atoms with Crippen molar-refractivity contribution >= 4 is 11.6 Å². The summed E-state index contributed by atoms with van der Waals surface area (Å²) in [4.78, 5) is 7.04. The maximum absolute atomic E-state index is 4.61. The molecule has 0 radical (unpaired) electrons. The number of pyridine rings is 1. The summed E-state index contributed by atoms with van der Waals surface area (Å²) in [6, 6.07) is 6.78. The SMILES string of the molecule is CNc1cccc(N2CC(C)CCC2C)n1. The Morgan fingerprint density at radius 3 is 2.88 bits per heavy atom. The van der Waals surface area contributed by atoms with E-state index in [1.807, 2.05) is 13.1 Å². The predicted molar refractivity (Wildman–Crippen MR) is 69.0 cm³/mol. The lowest BCUT2D eigenvalue weighted by Crippen LogP contribution is -2.41. The highest BCUT2D eigenvalue weighted by atomic mass is 15.2. The molecule has 0 spiro atoms. The van der Waals surface area contributed by atoms with Crippen LogP contribution >= 0.6 is 0 Å². The minimum atomic E-state index is 0.607. The average Bonchev–Trinajstić information content (AvgIpc) is 2.32. The largest absolute Gasteiger partial charge is 0.373 e. The van der Waals surface area contributed by atoms with Gasteiger partial charge in [-0.3, -0.25) is 0 Å². The van der Waals surface area contributed by atoms with Crippen molar-refractivity contribution in [2.75, 3.05) is 23.8 Å². The first-order valence-corrected chi connectivity index (χ1v) is 6.12. The third-order valence-corrected chi connectivity index (χ3v) is 3.40. The first-order chi connectivity index (χ1) is 7.70. The first kappa shape index (κ1) is 11.2. The molecule has 0 bridgehead atoms. The summed E-state index contributed by atoms with van der Waals surface area (Å²) in [5, 5.41) is 3.09. The highest BCUT2D eigenvalue weighted by Crippen LogP contribution is 2.26. The lowest BCUT2D eigenvalue weighted by Gasteiger charge is -2.37. The van der Waals surface area contributed by atoms with Crippen molar-refractivity contribution in [1.82, 2.24) is 4.98 Å². The molecule has 3 heteroatoms. The molecule has 2 rings (SSSR count). The lowest BCUT2D eigenvalue weighted by atomic mass is 9.95. The molecule has 2 heterocycles. The van der Waals surface area contributed by atoms with Crippen molar-refractivity contribution in [2.24, 2.45) is 5.92 Å². The maximum Gasteiger partial charge on any atom is 0.131 e. The number of hydrogen-bond acceptors (Lipinski definition) is 3. The average molecular weight is 219 g/mol. The van der Waals surface area contributed by atoms with Crippen LogP contribution in [-0.2, 0) is 0 Å². The van der Waals surface area contributed by atoms with Gasteiger partial charge in [-0.1, -0.05) is 13.0 Å². The smallest absolute Gasteiger partial charge is 0.131 e. The van der Waals surface area contributed by atoms with Gasteiger partial charge in [0.05, 0.1) is 0 Å². The minimum absolute atomic E-state index is 0.607. The fourth-order valence-corrected chi connectivity index (χ4v) is 2.33. The number of rotatable bonds is 2. The van der Waals surface area contributed by atoms with Crippen LogP contribution in [0.2, 0.25) is 0 Å². The van der Waals surface area contributed by atoms with Crippen LogP contribution in [0.5, 0.6) is 0 Å². The van der Waals surface area contributed by atoms with Gasteiger partial charge in [0.15, 0.2) is 0 Å². The van der Waals surface area contributed by atoms with Crippen molar-refractivity contribution in [1.29, 1.82) is 0 Å². The van der Waals surface area contributed by atoms with E-state index in [1.54, 1.807) is 0 Å².